The maximum Gasteiger partial charge on any atom is 0.414 e. The summed E-state index contributed by atoms with van der Waals surface area (Å²) in [6, 6.07) is 0. The number of ether oxygens (including phenoxy) is 1. The molecule has 0 aromatic carbocycles. The van der Waals surface area contributed by atoms with Crippen LogP contribution in [0.25, 0.3) is 0 Å². The van der Waals surface area contributed by atoms with E-state index in [1.165, 1.54) is 7.05 Å². The number of nitrogens with zero attached hydrogens (tertiary/aromatic N) is 1. The molecule has 98 valence electrons. The fourth-order valence-electron chi connectivity index (χ4n) is 1.20. The van der Waals surface area contributed by atoms with E-state index >= 15 is 0 Å². The second kappa shape index (κ2) is 5.70. The second-order valence-electron chi connectivity index (χ2n) is 4.83. The molecule has 5 nitrogen and oxygen atoms in total. The van der Waals surface area contributed by atoms with Crippen molar-refractivity contribution in [2.45, 2.75) is 46.6 Å². The van der Waals surface area contributed by atoms with Gasteiger partial charge in [0.15, 0.2) is 0 Å². The molecular weight excluding hydrogens is 222 g/mol. The number of carbonyl (C=O) groups is 2. The third-order valence-electron chi connectivity index (χ3n) is 2.14. The molecule has 0 saturated heterocycles. The fraction of sp³-hybridized carbons (Fsp3) is 0.667. The number of rotatable bonds is 3. The zero-order valence-corrected chi connectivity index (χ0v) is 11.3. The lowest BCUT2D eigenvalue weighted by Crippen LogP contribution is -2.36. The molecule has 1 N–H and O–H groups in total. The first-order valence-electron chi connectivity index (χ1n) is 5.50. The van der Waals surface area contributed by atoms with Gasteiger partial charge in [-0.15, -0.1) is 0 Å². The molecule has 0 saturated carbocycles. The van der Waals surface area contributed by atoms with Crippen molar-refractivity contribution in [1.82, 2.24) is 4.90 Å². The monoisotopic (exact) mass is 243 g/mol. The van der Waals surface area contributed by atoms with Crippen molar-refractivity contribution in [3.63, 3.8) is 0 Å². The van der Waals surface area contributed by atoms with E-state index in [4.69, 9.17) is 9.84 Å². The van der Waals surface area contributed by atoms with Gasteiger partial charge in [0, 0.05) is 7.05 Å². The molecule has 0 heterocycles. The predicted octanol–water partition coefficient (Wildman–Crippen LogP) is 2.62. The van der Waals surface area contributed by atoms with Gasteiger partial charge in [-0.1, -0.05) is 6.92 Å². The van der Waals surface area contributed by atoms with Gasteiger partial charge in [-0.05, 0) is 39.7 Å². The number of carboxylic acid groups (broad SMARTS) is 1. The minimum absolute atomic E-state index is 0.0262. The van der Waals surface area contributed by atoms with Crippen molar-refractivity contribution in [3.8, 4) is 0 Å². The summed E-state index contributed by atoms with van der Waals surface area (Å²) in [4.78, 5) is 23.9. The van der Waals surface area contributed by atoms with E-state index < -0.39 is 17.7 Å². The summed E-state index contributed by atoms with van der Waals surface area (Å²) in [5.41, 5.74) is -0.0395. The maximum absolute atomic E-state index is 11.7. The quantitative estimate of drug-likeness (QED) is 0.774. The van der Waals surface area contributed by atoms with Crippen molar-refractivity contribution in [1.29, 1.82) is 0 Å². The highest BCUT2D eigenvalue weighted by molar-refractivity contribution is 5.91. The van der Waals surface area contributed by atoms with Crippen LogP contribution in [0.1, 0.15) is 41.0 Å². The molecule has 0 radical (unpaired) electrons. The summed E-state index contributed by atoms with van der Waals surface area (Å²) in [7, 11) is 1.40. The molecule has 0 bridgehead atoms. The van der Waals surface area contributed by atoms with E-state index in [1.807, 2.05) is 6.92 Å². The Labute approximate surface area is 102 Å². The van der Waals surface area contributed by atoms with Crippen molar-refractivity contribution in [3.05, 3.63) is 11.3 Å². The van der Waals surface area contributed by atoms with Crippen LogP contribution in [-0.4, -0.2) is 34.7 Å². The Morgan fingerprint density at radius 3 is 2.06 bits per heavy atom. The highest BCUT2D eigenvalue weighted by Crippen LogP contribution is 2.16. The average molecular weight is 243 g/mol. The lowest BCUT2D eigenvalue weighted by atomic mass is 10.1. The summed E-state index contributed by atoms with van der Waals surface area (Å²) in [6.45, 7) is 8.71. The highest BCUT2D eigenvalue weighted by atomic mass is 16.6. The molecule has 17 heavy (non-hydrogen) atoms. The number of allylic oxidation sites excluding steroid dienone is 1. The number of carbonyl (C=O) groups excluding carboxylic acids is 1. The zero-order valence-electron chi connectivity index (χ0n) is 11.3. The Balaban J connectivity index is 5.07. The Kier molecular flexibility index (Phi) is 5.19. The molecule has 0 aliphatic rings. The number of likely N-dealkylation sites (N-methyl/N-ethyl adjacent to an activating group) is 1. The van der Waals surface area contributed by atoms with Crippen LogP contribution in [0.2, 0.25) is 0 Å². The molecule has 0 atom stereocenters. The molecule has 0 unspecified atom stereocenters. The van der Waals surface area contributed by atoms with Gasteiger partial charge in [-0.2, -0.15) is 0 Å². The first-order chi connectivity index (χ1) is 7.60. The summed E-state index contributed by atoms with van der Waals surface area (Å²) in [5, 5.41) is 9.09. The molecule has 0 aliphatic carbocycles. The van der Waals surface area contributed by atoms with E-state index in [9.17, 15) is 9.59 Å². The molecule has 0 spiro atoms. The molecule has 5 heteroatoms. The van der Waals surface area contributed by atoms with Crippen LogP contribution in [0.15, 0.2) is 11.3 Å². The van der Waals surface area contributed by atoms with Gasteiger partial charge in [0.1, 0.15) is 11.3 Å². The van der Waals surface area contributed by atoms with Gasteiger partial charge in [-0.3, -0.25) is 4.90 Å². The highest BCUT2D eigenvalue weighted by Gasteiger charge is 2.26. The lowest BCUT2D eigenvalue weighted by molar-refractivity contribution is -0.134. The smallest absolute Gasteiger partial charge is 0.414 e. The van der Waals surface area contributed by atoms with Gasteiger partial charge < -0.3 is 9.84 Å². The fourth-order valence-corrected chi connectivity index (χ4v) is 1.20. The SMILES string of the molecule is CC/C(C)=C(\C(=O)O)N(C)C(=O)OC(C)(C)C. The minimum Gasteiger partial charge on any atom is -0.477 e. The minimum atomic E-state index is -1.13. The summed E-state index contributed by atoms with van der Waals surface area (Å²) >= 11 is 0. The third kappa shape index (κ3) is 4.89. The Morgan fingerprint density at radius 2 is 1.76 bits per heavy atom. The van der Waals surface area contributed by atoms with Gasteiger partial charge in [-0.25, -0.2) is 9.59 Å². The number of hydrogen-bond donors (Lipinski definition) is 1. The van der Waals surface area contributed by atoms with E-state index in [0.717, 1.165) is 4.90 Å². The summed E-state index contributed by atoms with van der Waals surface area (Å²) in [5.74, 6) is -1.13. The van der Waals surface area contributed by atoms with E-state index in [2.05, 4.69) is 0 Å². The molecule has 0 aliphatic heterocycles. The van der Waals surface area contributed by atoms with E-state index in [1.54, 1.807) is 27.7 Å². The molecule has 0 aromatic heterocycles. The predicted molar refractivity (Wildman–Crippen MR) is 64.6 cm³/mol. The van der Waals surface area contributed by atoms with Crippen molar-refractivity contribution in [2.24, 2.45) is 0 Å². The first kappa shape index (κ1) is 15.5. The van der Waals surface area contributed by atoms with Crippen molar-refractivity contribution < 1.29 is 19.4 Å². The Hall–Kier alpha value is -1.52. The average Bonchev–Trinajstić information content (AvgIpc) is 2.14. The first-order valence-corrected chi connectivity index (χ1v) is 5.50. The van der Waals surface area contributed by atoms with Crippen LogP contribution < -0.4 is 0 Å². The van der Waals surface area contributed by atoms with E-state index in [0.29, 0.717) is 12.0 Å². The van der Waals surface area contributed by atoms with Gasteiger partial charge in [0.25, 0.3) is 0 Å². The standard InChI is InChI=1S/C12H21NO4/c1-7-8(2)9(10(14)15)13(6)11(16)17-12(3,4)5/h7H2,1-6H3,(H,14,15)/b9-8+. The molecule has 0 aromatic rings. The normalized spacial score (nSPS) is 12.8. The van der Waals surface area contributed by atoms with Crippen LogP contribution in [-0.2, 0) is 9.53 Å². The number of carboxylic acids is 1. The maximum atomic E-state index is 11.7. The zero-order chi connectivity index (χ0) is 13.8. The van der Waals surface area contributed by atoms with Crippen LogP contribution in [0.3, 0.4) is 0 Å². The Bertz CT molecular complexity index is 339. The number of aliphatic carboxylic acids is 1. The van der Waals surface area contributed by atoms with Gasteiger partial charge >= 0.3 is 12.1 Å². The van der Waals surface area contributed by atoms with E-state index in [-0.39, 0.29) is 5.70 Å². The van der Waals surface area contributed by atoms with Crippen LogP contribution in [0, 0.1) is 0 Å². The third-order valence-corrected chi connectivity index (χ3v) is 2.14. The van der Waals surface area contributed by atoms with Crippen LogP contribution in [0.4, 0.5) is 4.79 Å². The van der Waals surface area contributed by atoms with Gasteiger partial charge in [0.2, 0.25) is 0 Å². The number of hydrogen-bond acceptors (Lipinski definition) is 3. The molecule has 0 fully saturated rings. The Morgan fingerprint density at radius 1 is 1.29 bits per heavy atom. The topological polar surface area (TPSA) is 66.8 Å². The summed E-state index contributed by atoms with van der Waals surface area (Å²) in [6.07, 6.45) is -0.0999. The largest absolute Gasteiger partial charge is 0.477 e. The second-order valence-corrected chi connectivity index (χ2v) is 4.83. The van der Waals surface area contributed by atoms with Gasteiger partial charge in [0.05, 0.1) is 0 Å². The van der Waals surface area contributed by atoms with Crippen LogP contribution >= 0.6 is 0 Å². The molecule has 1 amide bonds. The molecular formula is C12H21NO4. The molecule has 0 rings (SSSR count). The number of amides is 1. The van der Waals surface area contributed by atoms with Crippen molar-refractivity contribution >= 4 is 12.1 Å². The summed E-state index contributed by atoms with van der Waals surface area (Å²) < 4.78 is 5.11. The van der Waals surface area contributed by atoms with Crippen molar-refractivity contribution in [2.75, 3.05) is 7.05 Å². The lowest BCUT2D eigenvalue weighted by Gasteiger charge is -2.25. The van der Waals surface area contributed by atoms with Crippen LogP contribution in [0.5, 0.6) is 0 Å².